The lowest BCUT2D eigenvalue weighted by Crippen LogP contribution is -2.56. The summed E-state index contributed by atoms with van der Waals surface area (Å²) in [4.78, 5) is 12.8. The summed E-state index contributed by atoms with van der Waals surface area (Å²) in [7, 11) is 1.70. The van der Waals surface area contributed by atoms with E-state index in [9.17, 15) is 23.1 Å². The van der Waals surface area contributed by atoms with Crippen molar-refractivity contribution in [3.63, 3.8) is 0 Å². The lowest BCUT2D eigenvalue weighted by atomic mass is 9.77. The molecule has 2 N–H and O–H groups in total. The first kappa shape index (κ1) is 20.5. The van der Waals surface area contributed by atoms with Crippen LogP contribution in [0.4, 0.5) is 13.2 Å². The largest absolute Gasteiger partial charge is 0.416 e. The van der Waals surface area contributed by atoms with Crippen molar-refractivity contribution in [2.75, 3.05) is 6.61 Å². The number of aliphatic hydroxyl groups excluding tert-OH is 1. The molecule has 0 radical (unpaired) electrons. The molecule has 5 rings (SSSR count). The van der Waals surface area contributed by atoms with Gasteiger partial charge in [-0.1, -0.05) is 5.21 Å². The Morgan fingerprint density at radius 2 is 1.91 bits per heavy atom. The fourth-order valence-electron chi connectivity index (χ4n) is 4.25. The number of hydrogen-bond acceptors (Lipinski definition) is 4. The number of nitrogens with zero attached hydrogens (tertiary/aromatic N) is 4. The molecule has 1 amide bonds. The number of fused-ring (bicyclic) bond motifs is 3. The highest BCUT2D eigenvalue weighted by Gasteiger charge is 2.38. The van der Waals surface area contributed by atoms with Crippen LogP contribution in [-0.4, -0.2) is 42.7 Å². The van der Waals surface area contributed by atoms with Crippen molar-refractivity contribution >= 4 is 28.0 Å². The summed E-state index contributed by atoms with van der Waals surface area (Å²) in [5.41, 5.74) is 1.46. The minimum atomic E-state index is -4.42. The summed E-state index contributed by atoms with van der Waals surface area (Å²) in [5, 5.41) is 21.5. The SMILES string of the molecule is Cn1nnc2c3cc(C(=O)NC4(CO)CCC4)ccc3n(-c3ccc(C(F)(F)F)cc3)c21. The second-order valence-corrected chi connectivity index (χ2v) is 8.24. The number of aliphatic hydroxyl groups is 1. The summed E-state index contributed by atoms with van der Waals surface area (Å²) < 4.78 is 42.3. The molecule has 4 aromatic rings. The highest BCUT2D eigenvalue weighted by atomic mass is 19.4. The number of halogens is 3. The summed E-state index contributed by atoms with van der Waals surface area (Å²) in [6, 6.07) is 9.97. The average Bonchev–Trinajstić information content (AvgIpc) is 3.27. The van der Waals surface area contributed by atoms with E-state index in [0.29, 0.717) is 33.3 Å². The maximum atomic E-state index is 13.0. The number of nitrogens with one attached hydrogen (secondary N) is 1. The van der Waals surface area contributed by atoms with Crippen LogP contribution in [0.3, 0.4) is 0 Å². The number of benzene rings is 2. The number of amides is 1. The first-order valence-electron chi connectivity index (χ1n) is 10.2. The molecular weight excluding hydrogens is 423 g/mol. The van der Waals surface area contributed by atoms with Crippen LogP contribution >= 0.6 is 0 Å². The predicted octanol–water partition coefficient (Wildman–Crippen LogP) is 3.58. The van der Waals surface area contributed by atoms with Crippen molar-refractivity contribution in [3.05, 3.63) is 53.6 Å². The zero-order valence-corrected chi connectivity index (χ0v) is 17.1. The van der Waals surface area contributed by atoms with E-state index in [2.05, 4.69) is 15.6 Å². The van der Waals surface area contributed by atoms with E-state index in [4.69, 9.17) is 0 Å². The molecule has 32 heavy (non-hydrogen) atoms. The molecule has 2 aromatic heterocycles. The lowest BCUT2D eigenvalue weighted by Gasteiger charge is -2.40. The van der Waals surface area contributed by atoms with Crippen molar-refractivity contribution in [1.29, 1.82) is 0 Å². The first-order valence-corrected chi connectivity index (χ1v) is 10.2. The molecule has 2 heterocycles. The maximum Gasteiger partial charge on any atom is 0.416 e. The summed E-state index contributed by atoms with van der Waals surface area (Å²) >= 11 is 0. The van der Waals surface area contributed by atoms with Gasteiger partial charge in [0.05, 0.1) is 23.2 Å². The lowest BCUT2D eigenvalue weighted by molar-refractivity contribution is -0.137. The minimum Gasteiger partial charge on any atom is -0.394 e. The third-order valence-corrected chi connectivity index (χ3v) is 6.21. The second kappa shape index (κ2) is 7.06. The molecule has 10 heteroatoms. The Morgan fingerprint density at radius 3 is 2.50 bits per heavy atom. The predicted molar refractivity (Wildman–Crippen MR) is 111 cm³/mol. The Hall–Kier alpha value is -3.40. The van der Waals surface area contributed by atoms with E-state index in [-0.39, 0.29) is 12.5 Å². The van der Waals surface area contributed by atoms with Crippen LogP contribution in [0.2, 0.25) is 0 Å². The van der Waals surface area contributed by atoms with Crippen LogP contribution in [0.5, 0.6) is 0 Å². The summed E-state index contributed by atoms with van der Waals surface area (Å²) in [5.74, 6) is -0.292. The number of carbonyl (C=O) groups is 1. The zero-order chi connectivity index (χ0) is 22.7. The molecule has 0 bridgehead atoms. The van der Waals surface area contributed by atoms with Gasteiger partial charge in [0.1, 0.15) is 5.52 Å². The van der Waals surface area contributed by atoms with Crippen LogP contribution in [-0.2, 0) is 13.2 Å². The number of alkyl halides is 3. The Kier molecular flexibility index (Phi) is 4.52. The van der Waals surface area contributed by atoms with Gasteiger partial charge in [-0.2, -0.15) is 13.2 Å². The molecule has 1 aliphatic rings. The van der Waals surface area contributed by atoms with Crippen LogP contribution in [0, 0.1) is 0 Å². The number of rotatable bonds is 4. The highest BCUT2D eigenvalue weighted by Crippen LogP contribution is 2.35. The topological polar surface area (TPSA) is 85.0 Å². The van der Waals surface area contributed by atoms with Crippen molar-refractivity contribution in [2.45, 2.75) is 31.0 Å². The summed E-state index contributed by atoms with van der Waals surface area (Å²) in [6.45, 7) is -0.111. The first-order chi connectivity index (χ1) is 15.2. The Balaban J connectivity index is 1.61. The van der Waals surface area contributed by atoms with E-state index < -0.39 is 17.3 Å². The normalized spacial score (nSPS) is 15.8. The Labute approximate surface area is 180 Å². The van der Waals surface area contributed by atoms with Gasteiger partial charge >= 0.3 is 6.18 Å². The van der Waals surface area contributed by atoms with E-state index in [0.717, 1.165) is 31.4 Å². The van der Waals surface area contributed by atoms with Gasteiger partial charge in [0, 0.05) is 23.7 Å². The number of aromatic nitrogens is 4. The van der Waals surface area contributed by atoms with E-state index in [1.165, 1.54) is 12.1 Å². The van der Waals surface area contributed by atoms with Gasteiger partial charge in [-0.15, -0.1) is 5.10 Å². The molecule has 0 aliphatic heterocycles. The van der Waals surface area contributed by atoms with Crippen molar-refractivity contribution in [3.8, 4) is 5.69 Å². The Bertz CT molecular complexity index is 1330. The number of hydrogen-bond donors (Lipinski definition) is 2. The Morgan fingerprint density at radius 1 is 1.19 bits per heavy atom. The maximum absolute atomic E-state index is 13.0. The van der Waals surface area contributed by atoms with Gasteiger partial charge in [-0.05, 0) is 61.7 Å². The highest BCUT2D eigenvalue weighted by molar-refractivity contribution is 6.09. The standard InChI is InChI=1S/C22H20F3N5O2/c1-29-20-18(27-28-29)16-11-13(19(32)26-21(12-31)9-2-10-21)3-8-17(16)30(20)15-6-4-14(5-7-15)22(23,24)25/h3-8,11,31H,2,9-10,12H2,1H3,(H,26,32). The summed E-state index contributed by atoms with van der Waals surface area (Å²) in [6.07, 6.45) is -2.00. The third kappa shape index (κ3) is 3.13. The molecule has 166 valence electrons. The molecular formula is C22H20F3N5O2. The molecule has 2 aromatic carbocycles. The van der Waals surface area contributed by atoms with E-state index in [1.807, 2.05) is 0 Å². The van der Waals surface area contributed by atoms with Gasteiger partial charge in [-0.3, -0.25) is 9.36 Å². The van der Waals surface area contributed by atoms with Gasteiger partial charge < -0.3 is 10.4 Å². The van der Waals surface area contributed by atoms with Crippen LogP contribution in [0.15, 0.2) is 42.5 Å². The van der Waals surface area contributed by atoms with Crippen LogP contribution < -0.4 is 5.32 Å². The number of carbonyl (C=O) groups excluding carboxylic acids is 1. The van der Waals surface area contributed by atoms with Gasteiger partial charge in [0.2, 0.25) is 0 Å². The van der Waals surface area contributed by atoms with Crippen molar-refractivity contribution in [2.24, 2.45) is 7.05 Å². The second-order valence-electron chi connectivity index (χ2n) is 8.24. The monoisotopic (exact) mass is 443 g/mol. The molecule has 0 atom stereocenters. The van der Waals surface area contributed by atoms with Gasteiger partial charge in [-0.25, -0.2) is 4.68 Å². The molecule has 0 spiro atoms. The van der Waals surface area contributed by atoms with E-state index >= 15 is 0 Å². The zero-order valence-electron chi connectivity index (χ0n) is 17.1. The minimum absolute atomic E-state index is 0.111. The van der Waals surface area contributed by atoms with E-state index in [1.54, 1.807) is 34.5 Å². The van der Waals surface area contributed by atoms with Gasteiger partial charge in [0.25, 0.3) is 5.91 Å². The fraction of sp³-hybridized carbons (Fsp3) is 0.318. The fourth-order valence-corrected chi connectivity index (χ4v) is 4.25. The van der Waals surface area contributed by atoms with Crippen LogP contribution in [0.1, 0.15) is 35.2 Å². The van der Waals surface area contributed by atoms with Crippen molar-refractivity contribution < 1.29 is 23.1 Å². The molecule has 1 aliphatic carbocycles. The molecule has 7 nitrogen and oxygen atoms in total. The quantitative estimate of drug-likeness (QED) is 0.505. The average molecular weight is 443 g/mol. The molecule has 1 saturated carbocycles. The third-order valence-electron chi connectivity index (χ3n) is 6.21. The van der Waals surface area contributed by atoms with Crippen LogP contribution in [0.25, 0.3) is 27.8 Å². The smallest absolute Gasteiger partial charge is 0.394 e. The molecule has 0 saturated heterocycles. The van der Waals surface area contributed by atoms with Gasteiger partial charge in [0.15, 0.2) is 5.65 Å². The molecule has 1 fully saturated rings. The molecule has 0 unspecified atom stereocenters. The van der Waals surface area contributed by atoms with Crippen molar-refractivity contribution in [1.82, 2.24) is 24.9 Å². The number of aryl methyl sites for hydroxylation is 1.